The van der Waals surface area contributed by atoms with Crippen molar-refractivity contribution in [1.82, 2.24) is 5.32 Å². The third-order valence-electron chi connectivity index (χ3n) is 2.64. The van der Waals surface area contributed by atoms with Gasteiger partial charge in [-0.25, -0.2) is 0 Å². The van der Waals surface area contributed by atoms with Crippen molar-refractivity contribution in [3.8, 4) is 0 Å². The van der Waals surface area contributed by atoms with Gasteiger partial charge >= 0.3 is 0 Å². The fourth-order valence-electron chi connectivity index (χ4n) is 1.32. The van der Waals surface area contributed by atoms with Gasteiger partial charge in [0.05, 0.1) is 19.1 Å². The van der Waals surface area contributed by atoms with E-state index in [1.165, 1.54) is 0 Å². The van der Waals surface area contributed by atoms with Gasteiger partial charge in [0.25, 0.3) is 0 Å². The van der Waals surface area contributed by atoms with Gasteiger partial charge in [0.2, 0.25) is 0 Å². The third kappa shape index (κ3) is 9.97. The van der Waals surface area contributed by atoms with Crippen LogP contribution >= 0.6 is 0 Å². The molecule has 104 valence electrons. The Morgan fingerprint density at radius 1 is 1.28 bits per heavy atom. The third-order valence-corrected chi connectivity index (χ3v) is 2.64. The van der Waals surface area contributed by atoms with Gasteiger partial charge in [0.1, 0.15) is 6.10 Å². The van der Waals surface area contributed by atoms with Crippen LogP contribution in [0.1, 0.15) is 33.6 Å². The quantitative estimate of drug-likeness (QED) is 0.615. The van der Waals surface area contributed by atoms with Crippen molar-refractivity contribution in [3.05, 3.63) is 36.3 Å². The summed E-state index contributed by atoms with van der Waals surface area (Å²) < 4.78 is 10.3. The van der Waals surface area contributed by atoms with Crippen LogP contribution in [0.5, 0.6) is 0 Å². The molecule has 1 aliphatic heterocycles. The highest BCUT2D eigenvalue weighted by Crippen LogP contribution is 2.07. The molecule has 0 aliphatic carbocycles. The zero-order valence-electron chi connectivity index (χ0n) is 12.2. The monoisotopic (exact) mass is 253 g/mol. The number of hydrogen-bond acceptors (Lipinski definition) is 3. The van der Waals surface area contributed by atoms with Gasteiger partial charge in [-0.15, -0.1) is 0 Å². The molecule has 1 saturated heterocycles. The van der Waals surface area contributed by atoms with Gasteiger partial charge in [-0.05, 0) is 52.8 Å². The maximum atomic E-state index is 5.51. The summed E-state index contributed by atoms with van der Waals surface area (Å²) in [6.45, 7) is 11.7. The van der Waals surface area contributed by atoms with Crippen LogP contribution in [-0.4, -0.2) is 26.3 Å². The first-order valence-corrected chi connectivity index (χ1v) is 6.45. The van der Waals surface area contributed by atoms with E-state index < -0.39 is 0 Å². The number of rotatable bonds is 4. The Hall–Kier alpha value is -1.22. The molecule has 0 saturated carbocycles. The van der Waals surface area contributed by atoms with Crippen LogP contribution in [-0.2, 0) is 9.47 Å². The van der Waals surface area contributed by atoms with Crippen molar-refractivity contribution in [2.24, 2.45) is 0 Å². The van der Waals surface area contributed by atoms with E-state index in [0.717, 1.165) is 37.3 Å². The van der Waals surface area contributed by atoms with E-state index in [0.29, 0.717) is 6.10 Å². The topological polar surface area (TPSA) is 30.5 Å². The molecule has 1 heterocycles. The number of methoxy groups -OCH3 is 1. The van der Waals surface area contributed by atoms with E-state index >= 15 is 0 Å². The molecule has 1 aliphatic rings. The first-order valence-electron chi connectivity index (χ1n) is 6.45. The van der Waals surface area contributed by atoms with Crippen molar-refractivity contribution >= 4 is 0 Å². The summed E-state index contributed by atoms with van der Waals surface area (Å²) in [4.78, 5) is 0. The van der Waals surface area contributed by atoms with Gasteiger partial charge in [0, 0.05) is 0 Å². The minimum Gasteiger partial charge on any atom is -0.502 e. The predicted octanol–water partition coefficient (Wildman–Crippen LogP) is 3.40. The van der Waals surface area contributed by atoms with Crippen LogP contribution in [0.2, 0.25) is 0 Å². The van der Waals surface area contributed by atoms with Gasteiger partial charge in [-0.1, -0.05) is 18.2 Å². The summed E-state index contributed by atoms with van der Waals surface area (Å²) in [7, 11) is 1.66. The van der Waals surface area contributed by atoms with E-state index in [9.17, 15) is 0 Å². The van der Waals surface area contributed by atoms with Crippen LogP contribution in [0.3, 0.4) is 0 Å². The summed E-state index contributed by atoms with van der Waals surface area (Å²) in [5.74, 6) is 0.968. The number of piperidine rings is 1. The number of nitrogens with one attached hydrogen (secondary N) is 1. The maximum Gasteiger partial charge on any atom is 0.100 e. The highest BCUT2D eigenvalue weighted by molar-refractivity contribution is 5.08. The van der Waals surface area contributed by atoms with Gasteiger partial charge in [-0.3, -0.25) is 0 Å². The zero-order chi connectivity index (χ0) is 13.8. The lowest BCUT2D eigenvalue weighted by Crippen LogP contribution is -2.31. The molecule has 0 spiro atoms. The van der Waals surface area contributed by atoms with Crippen molar-refractivity contribution < 1.29 is 9.47 Å². The molecule has 0 atom stereocenters. The standard InChI is InChI=1S/C10H17NO.C5H10O/c1-9(2)5-8-12-10-3-6-11-7-4-10;1-4-5(2)6-3/h5,8,10-11H,1,3-4,6-7H2,2H3;4H,1-3H3/b8-5+;5-4+. The lowest BCUT2D eigenvalue weighted by molar-refractivity contribution is 0.112. The Balaban J connectivity index is 0.000000411. The second kappa shape index (κ2) is 10.9. The first kappa shape index (κ1) is 16.8. The van der Waals surface area contributed by atoms with Gasteiger partial charge in [0.15, 0.2) is 0 Å². The van der Waals surface area contributed by atoms with E-state index in [-0.39, 0.29) is 0 Å². The van der Waals surface area contributed by atoms with Gasteiger partial charge < -0.3 is 14.8 Å². The Morgan fingerprint density at radius 3 is 2.28 bits per heavy atom. The smallest absolute Gasteiger partial charge is 0.100 e. The number of ether oxygens (including phenoxy) is 2. The van der Waals surface area contributed by atoms with Crippen LogP contribution in [0.15, 0.2) is 36.3 Å². The van der Waals surface area contributed by atoms with Gasteiger partial charge in [-0.2, -0.15) is 0 Å². The number of hydrogen-bond donors (Lipinski definition) is 1. The molecule has 0 bridgehead atoms. The Bertz CT molecular complexity index is 276. The van der Waals surface area contributed by atoms with Crippen molar-refractivity contribution in [1.29, 1.82) is 0 Å². The van der Waals surface area contributed by atoms with E-state index in [4.69, 9.17) is 9.47 Å². The molecule has 1 rings (SSSR count). The zero-order valence-corrected chi connectivity index (χ0v) is 12.2. The molecule has 1 N–H and O–H groups in total. The summed E-state index contributed by atoms with van der Waals surface area (Å²) in [5.41, 5.74) is 1.03. The average molecular weight is 253 g/mol. The average Bonchev–Trinajstić information content (AvgIpc) is 2.39. The minimum atomic E-state index is 0.404. The second-order valence-corrected chi connectivity index (χ2v) is 4.34. The van der Waals surface area contributed by atoms with Crippen LogP contribution in [0.4, 0.5) is 0 Å². The molecule has 0 aromatic rings. The van der Waals surface area contributed by atoms with Crippen LogP contribution < -0.4 is 5.32 Å². The Labute approximate surface area is 112 Å². The number of allylic oxidation sites excluding steroid dienone is 4. The van der Waals surface area contributed by atoms with E-state index in [1.54, 1.807) is 13.4 Å². The predicted molar refractivity (Wildman–Crippen MR) is 77.4 cm³/mol. The molecule has 3 nitrogen and oxygen atoms in total. The Kier molecular flexibility index (Phi) is 10.2. The molecule has 18 heavy (non-hydrogen) atoms. The summed E-state index contributed by atoms with van der Waals surface area (Å²) in [5, 5.41) is 3.29. The molecule has 1 fully saturated rings. The lowest BCUT2D eigenvalue weighted by atomic mass is 10.1. The van der Waals surface area contributed by atoms with E-state index in [2.05, 4.69) is 11.9 Å². The molecule has 0 radical (unpaired) electrons. The minimum absolute atomic E-state index is 0.404. The van der Waals surface area contributed by atoms with Crippen molar-refractivity contribution in [2.45, 2.75) is 39.7 Å². The fourth-order valence-corrected chi connectivity index (χ4v) is 1.32. The highest BCUT2D eigenvalue weighted by atomic mass is 16.5. The SMILES string of the molecule is C/C=C(\C)OC.C=C(C)/C=C/OC1CCNCC1. The summed E-state index contributed by atoms with van der Waals surface area (Å²) >= 11 is 0. The van der Waals surface area contributed by atoms with Crippen LogP contribution in [0, 0.1) is 0 Å². The summed E-state index contributed by atoms with van der Waals surface area (Å²) in [6, 6.07) is 0. The Morgan fingerprint density at radius 2 is 1.89 bits per heavy atom. The lowest BCUT2D eigenvalue weighted by Gasteiger charge is -2.21. The van der Waals surface area contributed by atoms with Crippen molar-refractivity contribution in [3.63, 3.8) is 0 Å². The molecule has 0 aromatic heterocycles. The molecule has 0 amide bonds. The highest BCUT2D eigenvalue weighted by Gasteiger charge is 2.11. The molecular formula is C15H27NO2. The van der Waals surface area contributed by atoms with E-state index in [1.807, 2.05) is 32.9 Å². The normalized spacial score (nSPS) is 17.0. The fraction of sp³-hybridized carbons (Fsp3) is 0.600. The maximum absolute atomic E-state index is 5.51. The second-order valence-electron chi connectivity index (χ2n) is 4.34. The molecule has 0 unspecified atom stereocenters. The van der Waals surface area contributed by atoms with Crippen molar-refractivity contribution in [2.75, 3.05) is 20.2 Å². The summed E-state index contributed by atoms with van der Waals surface area (Å²) in [6.07, 6.45) is 8.21. The molecule has 3 heteroatoms. The largest absolute Gasteiger partial charge is 0.502 e. The molecule has 0 aromatic carbocycles. The first-order chi connectivity index (χ1) is 8.60. The molecular weight excluding hydrogens is 226 g/mol. The van der Waals surface area contributed by atoms with Crippen LogP contribution in [0.25, 0.3) is 0 Å².